The van der Waals surface area contributed by atoms with Crippen LogP contribution >= 0.6 is 0 Å². The van der Waals surface area contributed by atoms with E-state index in [2.05, 4.69) is 10.6 Å². The van der Waals surface area contributed by atoms with Gasteiger partial charge in [0.25, 0.3) is 5.91 Å². The second-order valence-electron chi connectivity index (χ2n) is 5.08. The summed E-state index contributed by atoms with van der Waals surface area (Å²) in [6, 6.07) is 4.70. The van der Waals surface area contributed by atoms with E-state index in [-0.39, 0.29) is 22.7 Å². The maximum absolute atomic E-state index is 12.2. The molecular weight excluding hydrogens is 246 g/mol. The number of carbonyl (C=O) groups excluding carboxylic acids is 1. The molecule has 2 N–H and O–H groups in total. The molecule has 6 heteroatoms. The van der Waals surface area contributed by atoms with Gasteiger partial charge in [0.15, 0.2) is 0 Å². The molecule has 0 atom stereocenters. The van der Waals surface area contributed by atoms with Crippen molar-refractivity contribution in [2.45, 2.75) is 31.7 Å². The quantitative estimate of drug-likeness (QED) is 0.645. The summed E-state index contributed by atoms with van der Waals surface area (Å²) >= 11 is 0. The third-order valence-electron chi connectivity index (χ3n) is 3.60. The first-order chi connectivity index (χ1) is 8.97. The van der Waals surface area contributed by atoms with Crippen molar-refractivity contribution in [3.63, 3.8) is 0 Å². The molecule has 0 heterocycles. The van der Waals surface area contributed by atoms with Gasteiger partial charge in [0.1, 0.15) is 11.3 Å². The summed E-state index contributed by atoms with van der Waals surface area (Å²) in [6.07, 6.45) is 2.91. The van der Waals surface area contributed by atoms with Crippen LogP contribution in [0.5, 0.6) is 0 Å². The first-order valence-corrected chi connectivity index (χ1v) is 6.24. The third-order valence-corrected chi connectivity index (χ3v) is 3.60. The predicted octanol–water partition coefficient (Wildman–Crippen LogP) is 2.31. The van der Waals surface area contributed by atoms with Gasteiger partial charge >= 0.3 is 5.69 Å². The number of carbonyl (C=O) groups is 1. The maximum atomic E-state index is 12.2. The smallest absolute Gasteiger partial charge is 0.305 e. The second kappa shape index (κ2) is 4.87. The highest BCUT2D eigenvalue weighted by Crippen LogP contribution is 2.33. The minimum Gasteiger partial charge on any atom is -0.383 e. The molecule has 0 radical (unpaired) electrons. The molecule has 19 heavy (non-hydrogen) atoms. The Bertz CT molecular complexity index is 524. The lowest BCUT2D eigenvalue weighted by Gasteiger charge is -2.39. The number of nitro groups is 1. The van der Waals surface area contributed by atoms with Crippen LogP contribution in [0.1, 0.15) is 36.5 Å². The fraction of sp³-hybridized carbons (Fsp3) is 0.462. The maximum Gasteiger partial charge on any atom is 0.305 e. The van der Waals surface area contributed by atoms with Gasteiger partial charge in [-0.3, -0.25) is 14.9 Å². The summed E-state index contributed by atoms with van der Waals surface area (Å²) in [5.41, 5.74) is 0.0486. The number of para-hydroxylation sites is 1. The predicted molar refractivity (Wildman–Crippen MR) is 72.4 cm³/mol. The molecule has 2 rings (SSSR count). The van der Waals surface area contributed by atoms with Crippen LogP contribution in [0.25, 0.3) is 0 Å². The minimum atomic E-state index is -0.524. The number of nitro benzene ring substituents is 1. The van der Waals surface area contributed by atoms with Crippen LogP contribution < -0.4 is 10.6 Å². The molecule has 0 aromatic heterocycles. The number of amides is 1. The lowest BCUT2D eigenvalue weighted by molar-refractivity contribution is -0.384. The van der Waals surface area contributed by atoms with Crippen LogP contribution in [0, 0.1) is 10.1 Å². The van der Waals surface area contributed by atoms with Gasteiger partial charge in [-0.05, 0) is 38.3 Å². The minimum absolute atomic E-state index is 0.102. The van der Waals surface area contributed by atoms with Crippen molar-refractivity contribution in [2.24, 2.45) is 0 Å². The highest BCUT2D eigenvalue weighted by molar-refractivity contribution is 6.00. The Kier molecular flexibility index (Phi) is 3.42. The zero-order valence-corrected chi connectivity index (χ0v) is 11.0. The van der Waals surface area contributed by atoms with E-state index in [1.165, 1.54) is 6.07 Å². The molecule has 0 spiro atoms. The fourth-order valence-electron chi connectivity index (χ4n) is 2.30. The molecular formula is C13H17N3O3. The molecule has 1 aromatic rings. The first-order valence-electron chi connectivity index (χ1n) is 6.24. The molecule has 1 saturated carbocycles. The van der Waals surface area contributed by atoms with Crippen molar-refractivity contribution < 1.29 is 9.72 Å². The molecule has 0 saturated heterocycles. The van der Waals surface area contributed by atoms with Crippen LogP contribution in [0.15, 0.2) is 18.2 Å². The number of anilines is 1. The number of nitrogens with zero attached hydrogens (tertiary/aromatic N) is 1. The fourth-order valence-corrected chi connectivity index (χ4v) is 2.30. The first kappa shape index (κ1) is 13.3. The number of hydrogen-bond donors (Lipinski definition) is 2. The Labute approximate surface area is 111 Å². The SMILES string of the molecule is CNc1cccc(C(=O)NC2(C)CCC2)c1[N+](=O)[O-]. The van der Waals surface area contributed by atoms with Gasteiger partial charge in [0.05, 0.1) is 4.92 Å². The molecule has 1 aromatic carbocycles. The molecule has 1 aliphatic carbocycles. The molecule has 0 unspecified atom stereocenters. The monoisotopic (exact) mass is 263 g/mol. The Balaban J connectivity index is 2.33. The topological polar surface area (TPSA) is 84.3 Å². The van der Waals surface area contributed by atoms with Crippen LogP contribution in [-0.4, -0.2) is 23.4 Å². The lowest BCUT2D eigenvalue weighted by Crippen LogP contribution is -2.51. The van der Waals surface area contributed by atoms with Crippen LogP contribution in [-0.2, 0) is 0 Å². The number of benzene rings is 1. The van der Waals surface area contributed by atoms with Crippen molar-refractivity contribution >= 4 is 17.3 Å². The van der Waals surface area contributed by atoms with Crippen LogP contribution in [0.3, 0.4) is 0 Å². The lowest BCUT2D eigenvalue weighted by atomic mass is 9.78. The molecule has 0 bridgehead atoms. The summed E-state index contributed by atoms with van der Waals surface area (Å²) in [4.78, 5) is 22.8. The molecule has 1 amide bonds. The summed E-state index contributed by atoms with van der Waals surface area (Å²) < 4.78 is 0. The van der Waals surface area contributed by atoms with Gasteiger partial charge in [-0.15, -0.1) is 0 Å². The van der Waals surface area contributed by atoms with Crippen molar-refractivity contribution in [3.05, 3.63) is 33.9 Å². The summed E-state index contributed by atoms with van der Waals surface area (Å²) in [7, 11) is 1.59. The standard InChI is InChI=1S/C13H17N3O3/c1-13(7-4-8-13)15-12(17)9-5-3-6-10(14-2)11(9)16(18)19/h3,5-6,14H,4,7-8H2,1-2H3,(H,15,17). The highest BCUT2D eigenvalue weighted by Gasteiger charge is 2.35. The van der Waals surface area contributed by atoms with E-state index >= 15 is 0 Å². The van der Waals surface area contributed by atoms with Gasteiger partial charge < -0.3 is 10.6 Å². The zero-order valence-electron chi connectivity index (χ0n) is 11.0. The Morgan fingerprint density at radius 2 is 2.11 bits per heavy atom. The van der Waals surface area contributed by atoms with E-state index in [0.29, 0.717) is 5.69 Å². The molecule has 6 nitrogen and oxygen atoms in total. The van der Waals surface area contributed by atoms with E-state index in [9.17, 15) is 14.9 Å². The van der Waals surface area contributed by atoms with E-state index in [1.807, 2.05) is 6.92 Å². The summed E-state index contributed by atoms with van der Waals surface area (Å²) in [6.45, 7) is 1.96. The van der Waals surface area contributed by atoms with Gasteiger partial charge in [0.2, 0.25) is 0 Å². The van der Waals surface area contributed by atoms with Crippen LogP contribution in [0.2, 0.25) is 0 Å². The molecule has 0 aliphatic heterocycles. The van der Waals surface area contributed by atoms with Gasteiger partial charge in [0, 0.05) is 12.6 Å². The molecule has 1 fully saturated rings. The number of nitrogens with one attached hydrogen (secondary N) is 2. The van der Waals surface area contributed by atoms with E-state index in [0.717, 1.165) is 19.3 Å². The van der Waals surface area contributed by atoms with Crippen molar-refractivity contribution in [1.29, 1.82) is 0 Å². The number of rotatable bonds is 4. The Morgan fingerprint density at radius 1 is 1.42 bits per heavy atom. The van der Waals surface area contributed by atoms with Gasteiger partial charge in [-0.2, -0.15) is 0 Å². The van der Waals surface area contributed by atoms with Crippen LogP contribution in [0.4, 0.5) is 11.4 Å². The normalized spacial score (nSPS) is 16.3. The summed E-state index contributed by atoms with van der Waals surface area (Å²) in [5.74, 6) is -0.383. The van der Waals surface area contributed by atoms with E-state index < -0.39 is 4.92 Å². The van der Waals surface area contributed by atoms with Gasteiger partial charge in [-0.25, -0.2) is 0 Å². The highest BCUT2D eigenvalue weighted by atomic mass is 16.6. The Hall–Kier alpha value is -2.11. The van der Waals surface area contributed by atoms with Crippen molar-refractivity contribution in [3.8, 4) is 0 Å². The number of hydrogen-bond acceptors (Lipinski definition) is 4. The summed E-state index contributed by atoms with van der Waals surface area (Å²) in [5, 5.41) is 16.8. The third kappa shape index (κ3) is 2.52. The van der Waals surface area contributed by atoms with E-state index in [4.69, 9.17) is 0 Å². The molecule has 1 aliphatic rings. The Morgan fingerprint density at radius 3 is 2.58 bits per heavy atom. The second-order valence-corrected chi connectivity index (χ2v) is 5.08. The molecule has 102 valence electrons. The zero-order chi connectivity index (χ0) is 14.0. The average Bonchev–Trinajstić information content (AvgIpc) is 2.35. The van der Waals surface area contributed by atoms with E-state index in [1.54, 1.807) is 19.2 Å². The van der Waals surface area contributed by atoms with Crippen molar-refractivity contribution in [2.75, 3.05) is 12.4 Å². The average molecular weight is 263 g/mol. The largest absolute Gasteiger partial charge is 0.383 e. The van der Waals surface area contributed by atoms with Crippen molar-refractivity contribution in [1.82, 2.24) is 5.32 Å². The van der Waals surface area contributed by atoms with Gasteiger partial charge in [-0.1, -0.05) is 6.07 Å².